The molecule has 0 aliphatic heterocycles. The smallest absolute Gasteiger partial charge is 0.677 e. The Labute approximate surface area is 402 Å². The zero-order valence-corrected chi connectivity index (χ0v) is 43.2. The van der Waals surface area contributed by atoms with Crippen LogP contribution in [-0.4, -0.2) is 19.6 Å². The molecule has 0 aliphatic carbocycles. The molecule has 0 aromatic heterocycles. The molecule has 0 amide bonds. The fraction of sp³-hybridized carbons (Fsp3) is 1.00. The molecule has 3 nitrogen and oxygen atoms in total. The van der Waals surface area contributed by atoms with Gasteiger partial charge in [0, 0.05) is 0 Å². The summed E-state index contributed by atoms with van der Waals surface area (Å²) in [6.07, 6.45) is 67.5. The summed E-state index contributed by atoms with van der Waals surface area (Å²) in [5, 5.41) is 0. The number of hydrogen-bond donors (Lipinski definition) is 0. The minimum Gasteiger partial charge on any atom is -0.677 e. The quantitative estimate of drug-likeness (QED) is 0.0545. The molecule has 0 aliphatic rings. The van der Waals surface area contributed by atoms with E-state index in [2.05, 4.69) is 20.8 Å². The molecular weight excluding hydrogens is 848 g/mol. The van der Waals surface area contributed by atoms with Crippen LogP contribution in [0.15, 0.2) is 0 Å². The van der Waals surface area contributed by atoms with Crippen molar-refractivity contribution in [2.45, 2.75) is 329 Å². The van der Waals surface area contributed by atoms with Crippen molar-refractivity contribution >= 4 is 0 Å². The summed E-state index contributed by atoms with van der Waals surface area (Å²) in [5.41, 5.74) is 21.2. The van der Waals surface area contributed by atoms with E-state index in [1.165, 1.54) is 289 Å². The van der Waals surface area contributed by atoms with Crippen LogP contribution in [0.2, 0.25) is 0 Å². The van der Waals surface area contributed by atoms with E-state index in [9.17, 15) is 0 Å². The van der Waals surface area contributed by atoms with E-state index in [4.69, 9.17) is 17.2 Å². The van der Waals surface area contributed by atoms with E-state index in [1.807, 2.05) is 0 Å². The average molecular weight is 963 g/mol. The van der Waals surface area contributed by atoms with Crippen molar-refractivity contribution in [2.24, 2.45) is 0 Å². The van der Waals surface area contributed by atoms with Gasteiger partial charge in [0.25, 0.3) is 0 Å². The Hall–Kier alpha value is 1.20. The molecular formula is C54H114GdN3. The van der Waals surface area contributed by atoms with Crippen molar-refractivity contribution in [1.82, 2.24) is 0 Å². The van der Waals surface area contributed by atoms with Crippen LogP contribution in [0.5, 0.6) is 0 Å². The summed E-state index contributed by atoms with van der Waals surface area (Å²) in [6, 6.07) is 0. The van der Waals surface area contributed by atoms with Crippen LogP contribution < -0.4 is 0 Å². The van der Waals surface area contributed by atoms with Gasteiger partial charge < -0.3 is 17.2 Å². The predicted octanol–water partition coefficient (Wildman–Crippen LogP) is 21.9. The van der Waals surface area contributed by atoms with Crippen molar-refractivity contribution in [3.63, 3.8) is 0 Å². The van der Waals surface area contributed by atoms with Crippen LogP contribution in [0.1, 0.15) is 329 Å². The first-order valence-electron chi connectivity index (χ1n) is 27.2. The maximum absolute atomic E-state index is 7.08. The second-order valence-electron chi connectivity index (χ2n) is 18.2. The van der Waals surface area contributed by atoms with Crippen LogP contribution in [0.3, 0.4) is 0 Å². The fourth-order valence-corrected chi connectivity index (χ4v) is 8.02. The molecule has 0 fully saturated rings. The molecule has 0 unspecified atom stereocenters. The van der Waals surface area contributed by atoms with Gasteiger partial charge in [-0.15, -0.1) is 0 Å². The Morgan fingerprint density at radius 1 is 0.155 bits per heavy atom. The zero-order valence-electron chi connectivity index (χ0n) is 40.9. The first kappa shape index (κ1) is 65.8. The first-order valence-corrected chi connectivity index (χ1v) is 27.2. The predicted molar refractivity (Wildman–Crippen MR) is 266 cm³/mol. The van der Waals surface area contributed by atoms with E-state index >= 15 is 0 Å². The van der Waals surface area contributed by atoms with Gasteiger partial charge in [-0.05, 0) is 0 Å². The van der Waals surface area contributed by atoms with Gasteiger partial charge in [-0.1, -0.05) is 329 Å². The van der Waals surface area contributed by atoms with Gasteiger partial charge >= 0.3 is 39.9 Å². The topological polar surface area (TPSA) is 71.4 Å². The second-order valence-corrected chi connectivity index (χ2v) is 18.2. The minimum atomic E-state index is 0. The molecule has 0 atom stereocenters. The first-order chi connectivity index (χ1) is 28.2. The van der Waals surface area contributed by atoms with E-state index < -0.39 is 0 Å². The van der Waals surface area contributed by atoms with Gasteiger partial charge in [0.1, 0.15) is 0 Å². The molecule has 3 N–H and O–H groups in total. The Bertz CT molecular complexity index is 474. The third-order valence-corrected chi connectivity index (χ3v) is 12.1. The standard InChI is InChI=1S/3C18H38N.Gd/c3*1-2-3-4-5-6-7-8-9-10-11-12-13-14-15-16-17-18-19;/h3*19H,2-18H2,1H3;/q3*-1;+3. The summed E-state index contributed by atoms with van der Waals surface area (Å²) >= 11 is 0. The number of unbranched alkanes of at least 4 members (excludes halogenated alkanes) is 45. The van der Waals surface area contributed by atoms with Crippen molar-refractivity contribution in [1.29, 1.82) is 0 Å². The van der Waals surface area contributed by atoms with Crippen molar-refractivity contribution in [2.75, 3.05) is 19.6 Å². The molecule has 58 heavy (non-hydrogen) atoms. The van der Waals surface area contributed by atoms with Gasteiger partial charge in [0.2, 0.25) is 0 Å². The summed E-state index contributed by atoms with van der Waals surface area (Å²) in [7, 11) is 0. The molecule has 0 bridgehead atoms. The largest absolute Gasteiger partial charge is 3.00 e. The third-order valence-electron chi connectivity index (χ3n) is 12.1. The Balaban J connectivity index is -0.000000374. The number of rotatable bonds is 48. The van der Waals surface area contributed by atoms with Gasteiger partial charge in [-0.25, -0.2) is 0 Å². The summed E-state index contributed by atoms with van der Waals surface area (Å²) in [6.45, 7) is 8.73. The summed E-state index contributed by atoms with van der Waals surface area (Å²) < 4.78 is 0. The molecule has 0 saturated heterocycles. The molecule has 0 saturated carbocycles. The third kappa shape index (κ3) is 74.6. The van der Waals surface area contributed by atoms with Crippen molar-refractivity contribution < 1.29 is 39.9 Å². The van der Waals surface area contributed by atoms with E-state index in [0.29, 0.717) is 19.6 Å². The second kappa shape index (κ2) is 69.9. The molecule has 0 heterocycles. The Morgan fingerprint density at radius 2 is 0.241 bits per heavy atom. The maximum atomic E-state index is 7.08. The average Bonchev–Trinajstić information content (AvgIpc) is 3.23. The van der Waals surface area contributed by atoms with Gasteiger partial charge in [0.05, 0.1) is 0 Å². The Morgan fingerprint density at radius 3 is 0.328 bits per heavy atom. The molecule has 353 valence electrons. The number of hydrogen-bond acceptors (Lipinski definition) is 0. The maximum Gasteiger partial charge on any atom is 3.00 e. The molecule has 0 aromatic carbocycles. The monoisotopic (exact) mass is 963 g/mol. The van der Waals surface area contributed by atoms with Gasteiger partial charge in [-0.3, -0.25) is 0 Å². The van der Waals surface area contributed by atoms with Crippen LogP contribution in [-0.2, 0) is 0 Å². The SMILES string of the molecule is CCCCCCCCCCCCCCCCCC[NH-].CCCCCCCCCCCCCCCCCC[NH-].CCCCCCCCCCCCCCCCCC[NH-].[Gd+3]. The van der Waals surface area contributed by atoms with Crippen molar-refractivity contribution in [3.8, 4) is 0 Å². The molecule has 4 heteroatoms. The molecule has 0 rings (SSSR count). The van der Waals surface area contributed by atoms with Crippen molar-refractivity contribution in [3.05, 3.63) is 17.2 Å². The molecule has 0 aromatic rings. The Kier molecular flexibility index (Phi) is 79.3. The molecule has 0 spiro atoms. The van der Waals surface area contributed by atoms with Crippen LogP contribution in [0.4, 0.5) is 0 Å². The van der Waals surface area contributed by atoms with Crippen LogP contribution in [0.25, 0.3) is 17.2 Å². The minimum absolute atomic E-state index is 0. The van der Waals surface area contributed by atoms with Gasteiger partial charge in [-0.2, -0.15) is 19.6 Å². The van der Waals surface area contributed by atoms with E-state index in [0.717, 1.165) is 19.3 Å². The zero-order chi connectivity index (χ0) is 42.1. The summed E-state index contributed by atoms with van der Waals surface area (Å²) in [4.78, 5) is 0. The van der Waals surface area contributed by atoms with E-state index in [-0.39, 0.29) is 39.9 Å². The summed E-state index contributed by atoms with van der Waals surface area (Å²) in [5.74, 6) is 0. The fourth-order valence-electron chi connectivity index (χ4n) is 8.02. The van der Waals surface area contributed by atoms with Crippen LogP contribution in [0, 0.1) is 39.9 Å². The van der Waals surface area contributed by atoms with Crippen LogP contribution >= 0.6 is 0 Å². The van der Waals surface area contributed by atoms with Gasteiger partial charge in [0.15, 0.2) is 0 Å². The normalized spacial score (nSPS) is 10.9. The number of nitrogens with one attached hydrogen (secondary N) is 3. The van der Waals surface area contributed by atoms with E-state index in [1.54, 1.807) is 0 Å². The molecule has 1 radical (unpaired) electrons.